The topological polar surface area (TPSA) is 86.3 Å². The lowest BCUT2D eigenvalue weighted by molar-refractivity contribution is 0.274. The number of halogens is 1. The van der Waals surface area contributed by atoms with Crippen molar-refractivity contribution in [1.29, 1.82) is 0 Å². The SMILES string of the molecule is CN=C(NCC1CCN(S(C)(=O)=O)CC1)NC1CCCN(c2cccc(OC)c2)C1.I. The predicted molar refractivity (Wildman–Crippen MR) is 137 cm³/mol. The molecule has 0 saturated carbocycles. The van der Waals surface area contributed by atoms with E-state index in [1.807, 2.05) is 12.1 Å². The van der Waals surface area contributed by atoms with Crippen LogP contribution in [-0.4, -0.2) is 77.9 Å². The molecule has 1 atom stereocenters. The van der Waals surface area contributed by atoms with Crippen LogP contribution in [0, 0.1) is 5.92 Å². The molecule has 0 aromatic heterocycles. The van der Waals surface area contributed by atoms with Gasteiger partial charge in [-0.05, 0) is 43.7 Å². The van der Waals surface area contributed by atoms with E-state index in [0.29, 0.717) is 25.0 Å². The molecule has 2 aliphatic heterocycles. The number of hydrogen-bond acceptors (Lipinski definition) is 5. The number of aliphatic imine (C=N–C) groups is 1. The molecule has 2 aliphatic rings. The van der Waals surface area contributed by atoms with Crippen molar-refractivity contribution in [3.63, 3.8) is 0 Å². The maximum atomic E-state index is 11.7. The molecule has 0 aliphatic carbocycles. The summed E-state index contributed by atoms with van der Waals surface area (Å²) in [7, 11) is 0.418. The maximum absolute atomic E-state index is 11.7. The highest BCUT2D eigenvalue weighted by Crippen LogP contribution is 2.24. The quantitative estimate of drug-likeness (QED) is 0.313. The van der Waals surface area contributed by atoms with E-state index < -0.39 is 10.0 Å². The zero-order valence-corrected chi connectivity index (χ0v) is 21.9. The number of sulfonamides is 1. The number of guanidine groups is 1. The molecule has 1 aromatic rings. The zero-order valence-electron chi connectivity index (χ0n) is 18.7. The van der Waals surface area contributed by atoms with Crippen LogP contribution in [0.25, 0.3) is 0 Å². The average molecular weight is 566 g/mol. The highest BCUT2D eigenvalue weighted by molar-refractivity contribution is 14.0. The van der Waals surface area contributed by atoms with E-state index in [2.05, 4.69) is 32.7 Å². The third-order valence-corrected chi connectivity index (χ3v) is 7.31. The van der Waals surface area contributed by atoms with Crippen LogP contribution in [0.2, 0.25) is 0 Å². The number of anilines is 1. The van der Waals surface area contributed by atoms with E-state index >= 15 is 0 Å². The van der Waals surface area contributed by atoms with Crippen molar-refractivity contribution in [2.45, 2.75) is 31.7 Å². The van der Waals surface area contributed by atoms with Crippen LogP contribution in [0.1, 0.15) is 25.7 Å². The van der Waals surface area contributed by atoms with Crippen LogP contribution >= 0.6 is 24.0 Å². The van der Waals surface area contributed by atoms with Gasteiger partial charge in [-0.1, -0.05) is 6.07 Å². The molecule has 2 N–H and O–H groups in total. The van der Waals surface area contributed by atoms with Crippen LogP contribution in [0.3, 0.4) is 0 Å². The number of hydrogen-bond donors (Lipinski definition) is 2. The van der Waals surface area contributed by atoms with Gasteiger partial charge in [0.05, 0.1) is 13.4 Å². The first-order chi connectivity index (χ1) is 14.4. The Kier molecular flexibility index (Phi) is 10.1. The molecule has 31 heavy (non-hydrogen) atoms. The Balaban J connectivity index is 0.00000341. The maximum Gasteiger partial charge on any atom is 0.211 e. The normalized spacial score (nSPS) is 21.3. The van der Waals surface area contributed by atoms with Gasteiger partial charge in [-0.15, -0.1) is 24.0 Å². The summed E-state index contributed by atoms with van der Waals surface area (Å²) in [5, 5.41) is 7.01. The molecule has 2 heterocycles. The molecule has 3 rings (SSSR count). The van der Waals surface area contributed by atoms with Gasteiger partial charge in [0, 0.05) is 57.6 Å². The van der Waals surface area contributed by atoms with Gasteiger partial charge in [0.2, 0.25) is 10.0 Å². The van der Waals surface area contributed by atoms with Crippen LogP contribution < -0.4 is 20.3 Å². The Bertz CT molecular complexity index is 828. The number of benzene rings is 1. The standard InChI is InChI=1S/C21H35N5O3S.HI/c1-22-21(23-15-17-9-12-26(13-10-17)30(3,27)28)24-18-6-5-11-25(16-18)19-7-4-8-20(14-19)29-2;/h4,7-8,14,17-18H,5-6,9-13,15-16H2,1-3H3,(H2,22,23,24);1H. The smallest absolute Gasteiger partial charge is 0.211 e. The van der Waals surface area contributed by atoms with Crippen molar-refractivity contribution in [3.05, 3.63) is 24.3 Å². The number of piperidine rings is 2. The average Bonchev–Trinajstić information content (AvgIpc) is 2.76. The van der Waals surface area contributed by atoms with Gasteiger partial charge >= 0.3 is 0 Å². The summed E-state index contributed by atoms with van der Waals surface area (Å²) in [4.78, 5) is 6.78. The Hall–Kier alpha value is -1.27. The van der Waals surface area contributed by atoms with Gasteiger partial charge in [-0.25, -0.2) is 12.7 Å². The number of methoxy groups -OCH3 is 1. The Labute approximate surface area is 203 Å². The van der Waals surface area contributed by atoms with Gasteiger partial charge in [-0.3, -0.25) is 4.99 Å². The lowest BCUT2D eigenvalue weighted by atomic mass is 9.98. The molecule has 1 unspecified atom stereocenters. The fraction of sp³-hybridized carbons (Fsp3) is 0.667. The first-order valence-electron chi connectivity index (χ1n) is 10.7. The Morgan fingerprint density at radius 2 is 1.97 bits per heavy atom. The number of rotatable bonds is 6. The van der Waals surface area contributed by atoms with Crippen molar-refractivity contribution >= 4 is 45.6 Å². The minimum Gasteiger partial charge on any atom is -0.497 e. The van der Waals surface area contributed by atoms with Crippen molar-refractivity contribution in [2.75, 3.05) is 58.0 Å². The predicted octanol–water partition coefficient (Wildman–Crippen LogP) is 2.12. The second kappa shape index (κ2) is 12.1. The summed E-state index contributed by atoms with van der Waals surface area (Å²) in [5.41, 5.74) is 1.18. The molecule has 0 bridgehead atoms. The zero-order chi connectivity index (χ0) is 21.6. The first kappa shape index (κ1) is 26.0. The summed E-state index contributed by atoms with van der Waals surface area (Å²) in [6.07, 6.45) is 5.27. The lowest BCUT2D eigenvalue weighted by Gasteiger charge is -2.36. The molecule has 2 fully saturated rings. The number of ether oxygens (including phenoxy) is 1. The minimum atomic E-state index is -3.07. The lowest BCUT2D eigenvalue weighted by Crippen LogP contribution is -2.52. The number of nitrogens with zero attached hydrogens (tertiary/aromatic N) is 3. The van der Waals surface area contributed by atoms with Gasteiger partial charge < -0.3 is 20.3 Å². The molecular formula is C21H36IN5O3S. The van der Waals surface area contributed by atoms with E-state index in [1.54, 1.807) is 18.5 Å². The van der Waals surface area contributed by atoms with Crippen LogP contribution in [0.15, 0.2) is 29.3 Å². The van der Waals surface area contributed by atoms with E-state index in [-0.39, 0.29) is 24.0 Å². The molecule has 10 heteroatoms. The summed E-state index contributed by atoms with van der Waals surface area (Å²) < 4.78 is 30.3. The summed E-state index contributed by atoms with van der Waals surface area (Å²) in [6, 6.07) is 8.53. The van der Waals surface area contributed by atoms with Crippen LogP contribution in [-0.2, 0) is 10.0 Å². The summed E-state index contributed by atoms with van der Waals surface area (Å²) >= 11 is 0. The van der Waals surface area contributed by atoms with Gasteiger partial charge in [0.25, 0.3) is 0 Å². The van der Waals surface area contributed by atoms with Crippen molar-refractivity contribution in [1.82, 2.24) is 14.9 Å². The summed E-state index contributed by atoms with van der Waals surface area (Å²) in [6.45, 7) is 3.98. The van der Waals surface area contributed by atoms with Crippen LogP contribution in [0.4, 0.5) is 5.69 Å². The van der Waals surface area contributed by atoms with E-state index in [1.165, 1.54) is 11.9 Å². The van der Waals surface area contributed by atoms with E-state index in [4.69, 9.17) is 4.74 Å². The van der Waals surface area contributed by atoms with Crippen molar-refractivity contribution in [3.8, 4) is 5.75 Å². The monoisotopic (exact) mass is 565 g/mol. The van der Waals surface area contributed by atoms with E-state index in [9.17, 15) is 8.42 Å². The van der Waals surface area contributed by atoms with E-state index in [0.717, 1.165) is 57.0 Å². The fourth-order valence-corrected chi connectivity index (χ4v) is 5.08. The second-order valence-corrected chi connectivity index (χ2v) is 10.2. The number of nitrogens with one attached hydrogen (secondary N) is 2. The Morgan fingerprint density at radius 1 is 1.23 bits per heavy atom. The molecule has 176 valence electrons. The van der Waals surface area contributed by atoms with Gasteiger partial charge in [0.15, 0.2) is 5.96 Å². The third-order valence-electron chi connectivity index (χ3n) is 6.01. The highest BCUT2D eigenvalue weighted by Gasteiger charge is 2.25. The molecule has 0 radical (unpaired) electrons. The molecule has 2 saturated heterocycles. The second-order valence-electron chi connectivity index (χ2n) is 8.19. The molecular weight excluding hydrogens is 529 g/mol. The minimum absolute atomic E-state index is 0. The molecule has 1 aromatic carbocycles. The largest absolute Gasteiger partial charge is 0.497 e. The van der Waals surface area contributed by atoms with Gasteiger partial charge in [0.1, 0.15) is 5.75 Å². The molecule has 0 spiro atoms. The van der Waals surface area contributed by atoms with Crippen molar-refractivity contribution < 1.29 is 13.2 Å². The van der Waals surface area contributed by atoms with Gasteiger partial charge in [-0.2, -0.15) is 0 Å². The third kappa shape index (κ3) is 7.67. The first-order valence-corrected chi connectivity index (χ1v) is 12.5. The summed E-state index contributed by atoms with van der Waals surface area (Å²) in [5.74, 6) is 2.15. The fourth-order valence-electron chi connectivity index (χ4n) is 4.21. The van der Waals surface area contributed by atoms with Crippen LogP contribution in [0.5, 0.6) is 5.75 Å². The molecule has 8 nitrogen and oxygen atoms in total. The van der Waals surface area contributed by atoms with Crippen molar-refractivity contribution in [2.24, 2.45) is 10.9 Å². The Morgan fingerprint density at radius 3 is 2.61 bits per heavy atom. The molecule has 0 amide bonds. The highest BCUT2D eigenvalue weighted by atomic mass is 127.